The fraction of sp³-hybridized carbons (Fsp3) is 0.286. The first-order valence-corrected chi connectivity index (χ1v) is 9.44. The zero-order chi connectivity index (χ0) is 20.1. The van der Waals surface area contributed by atoms with Crippen LogP contribution in [0.1, 0.15) is 45.1 Å². The zero-order valence-electron chi connectivity index (χ0n) is 16.1. The molecule has 0 N–H and O–H groups in total. The van der Waals surface area contributed by atoms with Crippen molar-refractivity contribution in [2.75, 3.05) is 0 Å². The van der Waals surface area contributed by atoms with E-state index in [4.69, 9.17) is 9.15 Å². The van der Waals surface area contributed by atoms with Gasteiger partial charge in [0.05, 0.1) is 0 Å². The number of carbonyl (C=O) groups excluding carboxylic acids is 1. The van der Waals surface area contributed by atoms with E-state index in [0.717, 1.165) is 36.0 Å². The van der Waals surface area contributed by atoms with E-state index < -0.39 is 11.6 Å². The Balaban J connectivity index is 1.45. The van der Waals surface area contributed by atoms with Crippen molar-refractivity contribution in [1.29, 1.82) is 0 Å². The van der Waals surface area contributed by atoms with Crippen molar-refractivity contribution >= 4 is 22.7 Å². The van der Waals surface area contributed by atoms with Crippen molar-refractivity contribution in [2.24, 2.45) is 0 Å². The van der Waals surface area contributed by atoms with Crippen LogP contribution in [0.25, 0.3) is 16.7 Å². The topological polar surface area (TPSA) is 99.6 Å². The second-order valence-electron chi connectivity index (χ2n) is 7.32. The average Bonchev–Trinajstić information content (AvgIpc) is 3.30. The third-order valence-corrected chi connectivity index (χ3v) is 5.20. The molecule has 0 spiro atoms. The Kier molecular flexibility index (Phi) is 3.94. The quantitative estimate of drug-likeness (QED) is 0.392. The van der Waals surface area contributed by atoms with Crippen LogP contribution in [-0.2, 0) is 24.2 Å². The van der Waals surface area contributed by atoms with Crippen LogP contribution in [0.2, 0.25) is 0 Å². The minimum atomic E-state index is -0.671. The van der Waals surface area contributed by atoms with Gasteiger partial charge in [0.15, 0.2) is 0 Å². The minimum Gasteiger partial charge on any atom is -0.455 e. The number of aromatic nitrogens is 4. The molecule has 29 heavy (non-hydrogen) atoms. The number of fused-ring (bicyclic) bond motifs is 3. The largest absolute Gasteiger partial charge is 0.455 e. The molecule has 0 amide bonds. The van der Waals surface area contributed by atoms with Crippen molar-refractivity contribution < 1.29 is 13.9 Å². The van der Waals surface area contributed by atoms with E-state index in [-0.39, 0.29) is 12.4 Å². The molecule has 8 nitrogen and oxygen atoms in total. The van der Waals surface area contributed by atoms with Crippen molar-refractivity contribution in [3.63, 3.8) is 0 Å². The summed E-state index contributed by atoms with van der Waals surface area (Å²) in [5, 5.41) is 4.97. The van der Waals surface area contributed by atoms with Crippen LogP contribution < -0.4 is 5.63 Å². The molecule has 0 unspecified atom stereocenters. The fourth-order valence-electron chi connectivity index (χ4n) is 3.87. The number of hydrogen-bond donors (Lipinski definition) is 0. The molecule has 146 valence electrons. The number of esters is 1. The van der Waals surface area contributed by atoms with E-state index in [1.807, 2.05) is 32.0 Å². The lowest BCUT2D eigenvalue weighted by atomic mass is 10.0. The van der Waals surface area contributed by atoms with Gasteiger partial charge in [-0.1, -0.05) is 0 Å². The van der Waals surface area contributed by atoms with Crippen LogP contribution in [0.15, 0.2) is 33.5 Å². The lowest BCUT2D eigenvalue weighted by Gasteiger charge is -2.08. The van der Waals surface area contributed by atoms with E-state index in [2.05, 4.69) is 15.1 Å². The van der Waals surface area contributed by atoms with Crippen LogP contribution in [-0.4, -0.2) is 25.6 Å². The number of carbonyl (C=O) groups is 1. The molecule has 0 saturated carbocycles. The number of hydrogen-bond acceptors (Lipinski definition) is 7. The first-order valence-electron chi connectivity index (χ1n) is 9.44. The highest BCUT2D eigenvalue weighted by Gasteiger charge is 2.19. The maximum absolute atomic E-state index is 12.5. The Hall–Kier alpha value is -3.55. The van der Waals surface area contributed by atoms with Gasteiger partial charge in [-0.05, 0) is 62.4 Å². The molecule has 1 aliphatic carbocycles. The van der Waals surface area contributed by atoms with Gasteiger partial charge in [-0.2, -0.15) is 4.98 Å². The van der Waals surface area contributed by atoms with Crippen molar-refractivity contribution in [1.82, 2.24) is 19.6 Å². The summed E-state index contributed by atoms with van der Waals surface area (Å²) in [6.07, 6.45) is 3.08. The highest BCUT2D eigenvalue weighted by Crippen LogP contribution is 2.28. The van der Waals surface area contributed by atoms with Crippen LogP contribution in [0, 0.1) is 13.8 Å². The molecule has 1 aromatic carbocycles. The average molecular weight is 390 g/mol. The van der Waals surface area contributed by atoms with Crippen molar-refractivity contribution in [2.45, 2.75) is 39.7 Å². The number of nitrogens with zero attached hydrogens (tertiary/aromatic N) is 4. The number of benzene rings is 1. The summed E-state index contributed by atoms with van der Waals surface area (Å²) in [6.45, 7) is 3.64. The van der Waals surface area contributed by atoms with Crippen LogP contribution in [0.3, 0.4) is 0 Å². The van der Waals surface area contributed by atoms with Gasteiger partial charge < -0.3 is 9.15 Å². The van der Waals surface area contributed by atoms with Gasteiger partial charge in [0.25, 0.3) is 11.6 Å². The first-order chi connectivity index (χ1) is 14.0. The lowest BCUT2D eigenvalue weighted by Crippen LogP contribution is -2.10. The van der Waals surface area contributed by atoms with Crippen LogP contribution in [0.4, 0.5) is 0 Å². The number of aryl methyl sites for hydroxylation is 4. The molecular formula is C21H18N4O4. The Labute approximate surface area is 165 Å². The summed E-state index contributed by atoms with van der Waals surface area (Å²) in [4.78, 5) is 32.9. The third kappa shape index (κ3) is 3.06. The van der Waals surface area contributed by atoms with Gasteiger partial charge in [-0.3, -0.25) is 0 Å². The Morgan fingerprint density at radius 3 is 2.76 bits per heavy atom. The Morgan fingerprint density at radius 1 is 1.14 bits per heavy atom. The molecule has 0 atom stereocenters. The molecule has 0 saturated heterocycles. The van der Waals surface area contributed by atoms with E-state index in [1.165, 1.54) is 21.7 Å². The van der Waals surface area contributed by atoms with Gasteiger partial charge in [-0.15, -0.1) is 5.10 Å². The summed E-state index contributed by atoms with van der Waals surface area (Å²) < 4.78 is 12.3. The summed E-state index contributed by atoms with van der Waals surface area (Å²) in [6, 6.07) is 7.17. The maximum Gasteiger partial charge on any atom is 0.378 e. The standard InChI is InChI=1S/C21H18N4O4/c1-11-6-12(2)25-21(22-11)23-19(24-25)20(27)28-10-15-9-18(26)29-17-8-14-5-3-4-13(14)7-16(15)17/h6-9H,3-5,10H2,1-2H3. The highest BCUT2D eigenvalue weighted by molar-refractivity contribution is 5.86. The molecule has 5 rings (SSSR count). The minimum absolute atomic E-state index is 0.0687. The molecular weight excluding hydrogens is 372 g/mol. The number of ether oxygens (including phenoxy) is 1. The van der Waals surface area contributed by atoms with Gasteiger partial charge >= 0.3 is 11.6 Å². The van der Waals surface area contributed by atoms with Gasteiger partial charge in [0.1, 0.15) is 12.2 Å². The van der Waals surface area contributed by atoms with Crippen LogP contribution >= 0.6 is 0 Å². The molecule has 3 aromatic heterocycles. The molecule has 0 fully saturated rings. The number of rotatable bonds is 3. The first kappa shape index (κ1) is 17.5. The summed E-state index contributed by atoms with van der Waals surface area (Å²) in [5.74, 6) is -0.398. The second kappa shape index (κ2) is 6.51. The zero-order valence-corrected chi connectivity index (χ0v) is 16.1. The molecule has 3 heterocycles. The summed E-state index contributed by atoms with van der Waals surface area (Å²) in [7, 11) is 0. The van der Waals surface area contributed by atoms with E-state index >= 15 is 0 Å². The SMILES string of the molecule is Cc1cc(C)n2nc(C(=O)OCc3cc(=O)oc4cc5c(cc34)CCC5)nc2n1. The summed E-state index contributed by atoms with van der Waals surface area (Å²) >= 11 is 0. The monoisotopic (exact) mass is 390 g/mol. The van der Waals surface area contributed by atoms with E-state index in [1.54, 1.807) is 0 Å². The molecule has 0 bridgehead atoms. The molecule has 0 aliphatic heterocycles. The van der Waals surface area contributed by atoms with Crippen molar-refractivity contribution in [3.05, 3.63) is 68.6 Å². The fourth-order valence-corrected chi connectivity index (χ4v) is 3.87. The van der Waals surface area contributed by atoms with E-state index in [9.17, 15) is 9.59 Å². The smallest absolute Gasteiger partial charge is 0.378 e. The van der Waals surface area contributed by atoms with Crippen molar-refractivity contribution in [3.8, 4) is 0 Å². The normalized spacial score (nSPS) is 13.2. The molecule has 1 aliphatic rings. The Morgan fingerprint density at radius 2 is 1.93 bits per heavy atom. The molecule has 8 heteroatoms. The lowest BCUT2D eigenvalue weighted by molar-refractivity contribution is 0.0459. The molecule has 0 radical (unpaired) electrons. The maximum atomic E-state index is 12.5. The highest BCUT2D eigenvalue weighted by atomic mass is 16.5. The summed E-state index contributed by atoms with van der Waals surface area (Å²) in [5.41, 5.74) is 4.72. The second-order valence-corrected chi connectivity index (χ2v) is 7.32. The molecule has 4 aromatic rings. The Bertz CT molecular complexity index is 1350. The van der Waals surface area contributed by atoms with Gasteiger partial charge in [0, 0.05) is 28.4 Å². The predicted octanol–water partition coefficient (Wildman–Crippen LogP) is 2.69. The van der Waals surface area contributed by atoms with Crippen LogP contribution in [0.5, 0.6) is 0 Å². The van der Waals surface area contributed by atoms with Gasteiger partial charge in [-0.25, -0.2) is 19.1 Å². The van der Waals surface area contributed by atoms with E-state index in [0.29, 0.717) is 16.9 Å². The predicted molar refractivity (Wildman–Crippen MR) is 104 cm³/mol. The third-order valence-electron chi connectivity index (χ3n) is 5.20. The van der Waals surface area contributed by atoms with Gasteiger partial charge in [0.2, 0.25) is 0 Å².